The maximum atomic E-state index is 13.6. The molecule has 0 amide bonds. The summed E-state index contributed by atoms with van der Waals surface area (Å²) in [5.74, 6) is -1.62. The van der Waals surface area contributed by atoms with Crippen molar-refractivity contribution in [3.8, 4) is 11.5 Å². The standard InChI is InChI=1S/C24H28O5/c1-22(2,3)17-11-15(12-18(25)19(17)26)24(21(28)29-23(4,5)6)13-14-9-7-8-10-16(14)20(24)27/h7-12,25-26H,13H2,1-6H3/t24-/m1/s1. The molecule has 0 saturated heterocycles. The number of benzene rings is 2. The first-order valence-electron chi connectivity index (χ1n) is 9.70. The molecule has 2 N–H and O–H groups in total. The van der Waals surface area contributed by atoms with Crippen molar-refractivity contribution < 1.29 is 24.5 Å². The summed E-state index contributed by atoms with van der Waals surface area (Å²) in [7, 11) is 0. The van der Waals surface area contributed by atoms with Crippen LogP contribution in [-0.2, 0) is 26.8 Å². The maximum absolute atomic E-state index is 13.6. The average molecular weight is 396 g/mol. The zero-order valence-corrected chi connectivity index (χ0v) is 17.8. The molecule has 1 atom stereocenters. The number of phenols is 2. The molecule has 0 saturated carbocycles. The number of carbonyl (C=O) groups is 2. The van der Waals surface area contributed by atoms with E-state index in [1.165, 1.54) is 6.07 Å². The third-order valence-corrected chi connectivity index (χ3v) is 5.24. The van der Waals surface area contributed by atoms with Gasteiger partial charge in [-0.2, -0.15) is 0 Å². The van der Waals surface area contributed by atoms with Crippen molar-refractivity contribution in [1.29, 1.82) is 0 Å². The monoisotopic (exact) mass is 396 g/mol. The fourth-order valence-electron chi connectivity index (χ4n) is 3.81. The topological polar surface area (TPSA) is 83.8 Å². The smallest absolute Gasteiger partial charge is 0.325 e. The number of fused-ring (bicyclic) bond motifs is 1. The van der Waals surface area contributed by atoms with E-state index in [0.717, 1.165) is 5.56 Å². The van der Waals surface area contributed by atoms with Crippen LogP contribution in [0.2, 0.25) is 0 Å². The molecular formula is C24H28O5. The number of ketones is 1. The van der Waals surface area contributed by atoms with E-state index in [1.807, 2.05) is 32.9 Å². The van der Waals surface area contributed by atoms with Crippen LogP contribution < -0.4 is 0 Å². The largest absolute Gasteiger partial charge is 0.504 e. The van der Waals surface area contributed by atoms with Crippen LogP contribution >= 0.6 is 0 Å². The Balaban J connectivity index is 2.28. The number of rotatable bonds is 2. The molecule has 0 heterocycles. The van der Waals surface area contributed by atoms with Gasteiger partial charge in [-0.05, 0) is 49.4 Å². The second kappa shape index (κ2) is 6.61. The quantitative estimate of drug-likeness (QED) is 0.446. The van der Waals surface area contributed by atoms with Gasteiger partial charge in [-0.25, -0.2) is 0 Å². The van der Waals surface area contributed by atoms with E-state index < -0.39 is 22.4 Å². The lowest BCUT2D eigenvalue weighted by molar-refractivity contribution is -0.159. The molecule has 5 nitrogen and oxygen atoms in total. The average Bonchev–Trinajstić information content (AvgIpc) is 2.89. The fourth-order valence-corrected chi connectivity index (χ4v) is 3.81. The molecule has 2 aromatic carbocycles. The van der Waals surface area contributed by atoms with Crippen LogP contribution in [0.3, 0.4) is 0 Å². The number of phenolic OH excluding ortho intramolecular Hbond substituents is 2. The minimum Gasteiger partial charge on any atom is -0.504 e. The highest BCUT2D eigenvalue weighted by Gasteiger charge is 2.55. The van der Waals surface area contributed by atoms with E-state index in [1.54, 1.807) is 39.0 Å². The molecule has 0 bridgehead atoms. The summed E-state index contributed by atoms with van der Waals surface area (Å²) in [6.45, 7) is 10.9. The summed E-state index contributed by atoms with van der Waals surface area (Å²) >= 11 is 0. The summed E-state index contributed by atoms with van der Waals surface area (Å²) in [5.41, 5.74) is -0.891. The normalized spacial score (nSPS) is 19.2. The Bertz CT molecular complexity index is 991. The summed E-state index contributed by atoms with van der Waals surface area (Å²) in [5, 5.41) is 20.8. The van der Waals surface area contributed by atoms with Gasteiger partial charge in [0.05, 0.1) is 0 Å². The SMILES string of the molecule is CC(C)(C)OC(=O)[C@@]1(c2cc(O)c(O)c(C(C)(C)C)c2)Cc2ccccc2C1=O. The summed E-state index contributed by atoms with van der Waals surface area (Å²) in [6, 6.07) is 10.1. The predicted molar refractivity (Wildman–Crippen MR) is 110 cm³/mol. The molecule has 29 heavy (non-hydrogen) atoms. The minimum atomic E-state index is -1.61. The summed E-state index contributed by atoms with van der Waals surface area (Å²) in [4.78, 5) is 27.0. The van der Waals surface area contributed by atoms with Gasteiger partial charge in [0.25, 0.3) is 0 Å². The highest BCUT2D eigenvalue weighted by Crippen LogP contribution is 2.46. The van der Waals surface area contributed by atoms with Gasteiger partial charge in [0, 0.05) is 17.5 Å². The van der Waals surface area contributed by atoms with Crippen LogP contribution in [-0.4, -0.2) is 27.6 Å². The Labute approximate surface area is 171 Å². The first-order chi connectivity index (χ1) is 13.3. The van der Waals surface area contributed by atoms with Crippen LogP contribution in [0.15, 0.2) is 36.4 Å². The van der Waals surface area contributed by atoms with Crippen molar-refractivity contribution in [1.82, 2.24) is 0 Å². The van der Waals surface area contributed by atoms with E-state index >= 15 is 0 Å². The second-order valence-corrected chi connectivity index (χ2v) is 9.71. The first-order valence-corrected chi connectivity index (χ1v) is 9.70. The third kappa shape index (κ3) is 3.50. The van der Waals surface area contributed by atoms with Crippen molar-refractivity contribution >= 4 is 11.8 Å². The highest BCUT2D eigenvalue weighted by atomic mass is 16.6. The van der Waals surface area contributed by atoms with Crippen LogP contribution in [0, 0.1) is 0 Å². The molecule has 0 fully saturated rings. The van der Waals surface area contributed by atoms with Gasteiger partial charge in [-0.1, -0.05) is 45.0 Å². The molecule has 2 aromatic rings. The number of hydrogen-bond acceptors (Lipinski definition) is 5. The van der Waals surface area contributed by atoms with E-state index in [-0.39, 0.29) is 23.7 Å². The Morgan fingerprint density at radius 2 is 1.66 bits per heavy atom. The minimum absolute atomic E-state index is 0.144. The van der Waals surface area contributed by atoms with Gasteiger partial charge in [0.15, 0.2) is 22.7 Å². The van der Waals surface area contributed by atoms with E-state index in [4.69, 9.17) is 4.74 Å². The first kappa shape index (κ1) is 20.9. The van der Waals surface area contributed by atoms with Crippen molar-refractivity contribution in [2.24, 2.45) is 0 Å². The lowest BCUT2D eigenvalue weighted by Crippen LogP contribution is -2.46. The van der Waals surface area contributed by atoms with Crippen LogP contribution in [0.5, 0.6) is 11.5 Å². The second-order valence-electron chi connectivity index (χ2n) is 9.71. The van der Waals surface area contributed by atoms with Crippen molar-refractivity contribution in [2.75, 3.05) is 0 Å². The molecule has 5 heteroatoms. The molecule has 0 aliphatic heterocycles. The lowest BCUT2D eigenvalue weighted by Gasteiger charge is -2.32. The van der Waals surface area contributed by atoms with Gasteiger partial charge in [-0.15, -0.1) is 0 Å². The molecule has 1 aliphatic carbocycles. The molecule has 0 spiro atoms. The van der Waals surface area contributed by atoms with Crippen LogP contribution in [0.25, 0.3) is 0 Å². The van der Waals surface area contributed by atoms with Gasteiger partial charge in [0.1, 0.15) is 5.60 Å². The van der Waals surface area contributed by atoms with Crippen molar-refractivity contribution in [3.05, 3.63) is 58.7 Å². The molecule has 0 aromatic heterocycles. The molecule has 0 radical (unpaired) electrons. The molecule has 154 valence electrons. The molecule has 1 aliphatic rings. The van der Waals surface area contributed by atoms with Crippen molar-refractivity contribution in [2.45, 2.75) is 64.4 Å². The van der Waals surface area contributed by atoms with Gasteiger partial charge < -0.3 is 14.9 Å². The number of carbonyl (C=O) groups excluding carboxylic acids is 2. The van der Waals surface area contributed by atoms with Gasteiger partial charge >= 0.3 is 5.97 Å². The Morgan fingerprint density at radius 3 is 2.21 bits per heavy atom. The van der Waals surface area contributed by atoms with Crippen LogP contribution in [0.1, 0.15) is 68.6 Å². The Hall–Kier alpha value is -2.82. The zero-order valence-electron chi connectivity index (χ0n) is 17.8. The number of Topliss-reactive ketones (excluding diaryl/α,β-unsaturated/α-hetero) is 1. The summed E-state index contributed by atoms with van der Waals surface area (Å²) < 4.78 is 5.67. The van der Waals surface area contributed by atoms with Crippen molar-refractivity contribution in [3.63, 3.8) is 0 Å². The van der Waals surface area contributed by atoms with E-state index in [9.17, 15) is 19.8 Å². The Morgan fingerprint density at radius 1 is 1.03 bits per heavy atom. The molecule has 0 unspecified atom stereocenters. The maximum Gasteiger partial charge on any atom is 0.325 e. The highest BCUT2D eigenvalue weighted by molar-refractivity contribution is 6.20. The number of esters is 1. The zero-order chi connectivity index (χ0) is 21.8. The van der Waals surface area contributed by atoms with Gasteiger partial charge in [-0.3, -0.25) is 9.59 Å². The Kier molecular flexibility index (Phi) is 4.77. The molecular weight excluding hydrogens is 368 g/mol. The van der Waals surface area contributed by atoms with Gasteiger partial charge in [0.2, 0.25) is 0 Å². The fraction of sp³-hybridized carbons (Fsp3) is 0.417. The summed E-state index contributed by atoms with van der Waals surface area (Å²) in [6.07, 6.45) is 0.144. The van der Waals surface area contributed by atoms with Crippen LogP contribution in [0.4, 0.5) is 0 Å². The number of hydrogen-bond donors (Lipinski definition) is 2. The molecule has 3 rings (SSSR count). The lowest BCUT2D eigenvalue weighted by atomic mass is 9.74. The number of ether oxygens (including phenoxy) is 1. The predicted octanol–water partition coefficient (Wildman–Crippen LogP) is 4.41. The third-order valence-electron chi connectivity index (χ3n) is 5.24. The van der Waals surface area contributed by atoms with E-state index in [0.29, 0.717) is 16.7 Å². The number of aromatic hydroxyl groups is 2. The van der Waals surface area contributed by atoms with E-state index in [2.05, 4.69) is 0 Å².